The molecule has 0 N–H and O–H groups in total. The van der Waals surface area contributed by atoms with Crippen molar-refractivity contribution in [2.75, 3.05) is 0 Å². The van der Waals surface area contributed by atoms with Crippen LogP contribution in [-0.4, -0.2) is 9.55 Å². The Morgan fingerprint density at radius 3 is 2.12 bits per heavy atom. The summed E-state index contributed by atoms with van der Waals surface area (Å²) in [6.07, 6.45) is 0. The van der Waals surface area contributed by atoms with Crippen LogP contribution in [0.2, 0.25) is 0 Å². The van der Waals surface area contributed by atoms with Crippen molar-refractivity contribution in [1.29, 1.82) is 0 Å². The van der Waals surface area contributed by atoms with E-state index >= 15 is 0 Å². The summed E-state index contributed by atoms with van der Waals surface area (Å²) in [5, 5.41) is 5.01. The lowest BCUT2D eigenvalue weighted by Gasteiger charge is -2.19. The Balaban J connectivity index is 1.56. The molecule has 8 rings (SSSR count). The van der Waals surface area contributed by atoms with E-state index in [-0.39, 0.29) is 0 Å². The number of aromatic nitrogens is 2. The first-order chi connectivity index (χ1) is 16.4. The number of benzene rings is 5. The molecule has 2 heteroatoms. The Labute approximate surface area is 190 Å². The minimum atomic E-state index is 1.01. The second-order valence-electron chi connectivity index (χ2n) is 8.81. The minimum Gasteiger partial charge on any atom is -0.293 e. The van der Waals surface area contributed by atoms with Crippen LogP contribution in [0.1, 0.15) is 0 Å². The third-order valence-electron chi connectivity index (χ3n) is 7.12. The molecule has 0 saturated carbocycles. The molecule has 152 valence electrons. The Hall–Kier alpha value is -4.43. The molecule has 2 heterocycles. The van der Waals surface area contributed by atoms with Gasteiger partial charge in [0.2, 0.25) is 0 Å². The fourth-order valence-electron chi connectivity index (χ4n) is 5.72. The van der Waals surface area contributed by atoms with Crippen LogP contribution < -0.4 is 0 Å². The zero-order valence-corrected chi connectivity index (χ0v) is 17.8. The molecule has 0 amide bonds. The minimum absolute atomic E-state index is 1.01. The van der Waals surface area contributed by atoms with E-state index in [2.05, 4.69) is 114 Å². The Kier molecular flexibility index (Phi) is 3.16. The smallest absolute Gasteiger partial charge is 0.146 e. The highest BCUT2D eigenvalue weighted by Crippen LogP contribution is 2.49. The monoisotopic (exact) mass is 418 g/mol. The quantitative estimate of drug-likeness (QED) is 0.263. The average molecular weight is 418 g/mol. The fourth-order valence-corrected chi connectivity index (χ4v) is 5.72. The van der Waals surface area contributed by atoms with Gasteiger partial charge in [-0.05, 0) is 57.3 Å². The van der Waals surface area contributed by atoms with Crippen LogP contribution in [-0.2, 0) is 0 Å². The Morgan fingerprint density at radius 2 is 1.21 bits per heavy atom. The molecule has 3 aliphatic rings. The second-order valence-corrected chi connectivity index (χ2v) is 8.81. The van der Waals surface area contributed by atoms with Crippen LogP contribution >= 0.6 is 0 Å². The number of fused-ring (bicyclic) bond motifs is 7. The third kappa shape index (κ3) is 2.15. The molecule has 0 atom stereocenters. The van der Waals surface area contributed by atoms with Crippen LogP contribution in [0.15, 0.2) is 109 Å². The number of hydrogen-bond acceptors (Lipinski definition) is 1. The van der Waals surface area contributed by atoms with Crippen LogP contribution in [0, 0.1) is 0 Å². The van der Waals surface area contributed by atoms with E-state index in [1.807, 2.05) is 0 Å². The van der Waals surface area contributed by atoms with E-state index in [0.717, 1.165) is 11.3 Å². The van der Waals surface area contributed by atoms with Gasteiger partial charge in [0.05, 0.1) is 16.7 Å². The molecular weight excluding hydrogens is 400 g/mol. The van der Waals surface area contributed by atoms with Gasteiger partial charge in [0.15, 0.2) is 0 Å². The molecule has 0 bridgehead atoms. The maximum absolute atomic E-state index is 5.11. The van der Waals surface area contributed by atoms with E-state index in [9.17, 15) is 0 Å². The van der Waals surface area contributed by atoms with Gasteiger partial charge in [0.1, 0.15) is 5.82 Å². The van der Waals surface area contributed by atoms with Gasteiger partial charge < -0.3 is 0 Å². The first kappa shape index (κ1) is 17.2. The van der Waals surface area contributed by atoms with Crippen molar-refractivity contribution in [1.82, 2.24) is 9.55 Å². The van der Waals surface area contributed by atoms with Gasteiger partial charge in [-0.25, -0.2) is 4.98 Å². The predicted molar refractivity (Wildman–Crippen MR) is 137 cm³/mol. The third-order valence-corrected chi connectivity index (χ3v) is 7.12. The predicted octanol–water partition coefficient (Wildman–Crippen LogP) is 8.08. The maximum atomic E-state index is 5.11. The molecule has 0 fully saturated rings. The molecule has 0 radical (unpaired) electrons. The van der Waals surface area contributed by atoms with Crippen molar-refractivity contribution in [3.05, 3.63) is 109 Å². The van der Waals surface area contributed by atoms with Gasteiger partial charge in [-0.2, -0.15) is 0 Å². The SMILES string of the molecule is c1ccc2c(c1)-c1cccc3c(-n4c5nc6ccccc6c-5cc5ccccc54)ccc-2c13. The Bertz CT molecular complexity index is 1840. The summed E-state index contributed by atoms with van der Waals surface area (Å²) in [6.45, 7) is 0. The molecule has 0 unspecified atom stereocenters. The second kappa shape index (κ2) is 6.08. The van der Waals surface area contributed by atoms with E-state index in [4.69, 9.17) is 4.98 Å². The van der Waals surface area contributed by atoms with Gasteiger partial charge in [-0.15, -0.1) is 0 Å². The van der Waals surface area contributed by atoms with Gasteiger partial charge in [0, 0.05) is 16.3 Å². The Morgan fingerprint density at radius 1 is 0.515 bits per heavy atom. The number of para-hydroxylation sites is 2. The highest BCUT2D eigenvalue weighted by atomic mass is 15.1. The van der Waals surface area contributed by atoms with Crippen molar-refractivity contribution >= 4 is 32.6 Å². The van der Waals surface area contributed by atoms with E-state index in [1.54, 1.807) is 0 Å². The average Bonchev–Trinajstić information content (AvgIpc) is 3.40. The summed E-state index contributed by atoms with van der Waals surface area (Å²) in [7, 11) is 0. The molecule has 2 nitrogen and oxygen atoms in total. The van der Waals surface area contributed by atoms with Crippen molar-refractivity contribution < 1.29 is 0 Å². The van der Waals surface area contributed by atoms with E-state index in [0.29, 0.717) is 0 Å². The molecule has 0 spiro atoms. The zero-order chi connectivity index (χ0) is 21.5. The lowest BCUT2D eigenvalue weighted by Crippen LogP contribution is -2.04. The lowest BCUT2D eigenvalue weighted by molar-refractivity contribution is 1.09. The summed E-state index contributed by atoms with van der Waals surface area (Å²) in [5.41, 5.74) is 9.85. The summed E-state index contributed by atoms with van der Waals surface area (Å²) in [5.74, 6) is 1.01. The van der Waals surface area contributed by atoms with Crippen molar-refractivity contribution in [3.8, 4) is 39.3 Å². The summed E-state index contributed by atoms with van der Waals surface area (Å²) < 4.78 is 2.36. The normalized spacial score (nSPS) is 12.2. The summed E-state index contributed by atoms with van der Waals surface area (Å²) in [6, 6.07) is 39.3. The van der Waals surface area contributed by atoms with Crippen molar-refractivity contribution in [2.24, 2.45) is 0 Å². The zero-order valence-electron chi connectivity index (χ0n) is 17.8. The maximum Gasteiger partial charge on any atom is 0.146 e. The highest BCUT2D eigenvalue weighted by Gasteiger charge is 2.24. The molecule has 0 aromatic heterocycles. The van der Waals surface area contributed by atoms with Crippen LogP contribution in [0.5, 0.6) is 0 Å². The summed E-state index contributed by atoms with van der Waals surface area (Å²) in [4.78, 5) is 5.11. The number of rotatable bonds is 1. The lowest BCUT2D eigenvalue weighted by atomic mass is 10.00. The van der Waals surface area contributed by atoms with Gasteiger partial charge in [-0.1, -0.05) is 84.9 Å². The number of hydrogen-bond donors (Lipinski definition) is 0. The molecule has 5 aromatic carbocycles. The first-order valence-corrected chi connectivity index (χ1v) is 11.3. The standard InChI is InChI=1S/C31H18N2/c1-6-15-28-19(8-1)18-26-22-11-4-5-14-27(22)32-31(26)33(28)29-17-16-24-21-10-3-2-9-20(21)23-12-7-13-25(29)30(23)24/h1-18H. The van der Waals surface area contributed by atoms with Crippen molar-refractivity contribution in [3.63, 3.8) is 0 Å². The van der Waals surface area contributed by atoms with Gasteiger partial charge in [-0.3, -0.25) is 4.57 Å². The number of pyridine rings is 1. The molecule has 33 heavy (non-hydrogen) atoms. The number of nitrogens with zero attached hydrogens (tertiary/aromatic N) is 2. The van der Waals surface area contributed by atoms with Gasteiger partial charge >= 0.3 is 0 Å². The van der Waals surface area contributed by atoms with Crippen LogP contribution in [0.4, 0.5) is 0 Å². The largest absolute Gasteiger partial charge is 0.293 e. The topological polar surface area (TPSA) is 17.8 Å². The molecule has 5 aromatic rings. The van der Waals surface area contributed by atoms with Crippen LogP contribution in [0.25, 0.3) is 71.9 Å². The molecular formula is C31H18N2. The van der Waals surface area contributed by atoms with Gasteiger partial charge in [0.25, 0.3) is 0 Å². The van der Waals surface area contributed by atoms with Crippen LogP contribution in [0.3, 0.4) is 0 Å². The molecule has 2 aliphatic heterocycles. The highest BCUT2D eigenvalue weighted by molar-refractivity contribution is 6.17. The van der Waals surface area contributed by atoms with E-state index in [1.165, 1.54) is 60.6 Å². The molecule has 0 saturated heterocycles. The summed E-state index contributed by atoms with van der Waals surface area (Å²) >= 11 is 0. The first-order valence-electron chi connectivity index (χ1n) is 11.3. The fraction of sp³-hybridized carbons (Fsp3) is 0. The van der Waals surface area contributed by atoms with Crippen molar-refractivity contribution in [2.45, 2.75) is 0 Å². The molecule has 1 aliphatic carbocycles. The van der Waals surface area contributed by atoms with E-state index < -0.39 is 0 Å².